The summed E-state index contributed by atoms with van der Waals surface area (Å²) in [5.74, 6) is 0.290. The van der Waals surface area contributed by atoms with Gasteiger partial charge in [-0.2, -0.15) is 0 Å². The number of aromatic nitrogens is 3. The van der Waals surface area contributed by atoms with E-state index in [9.17, 15) is 13.6 Å². The van der Waals surface area contributed by atoms with E-state index in [-0.39, 0.29) is 17.5 Å². The number of anilines is 1. The van der Waals surface area contributed by atoms with Crippen LogP contribution in [0.15, 0.2) is 12.4 Å². The molecule has 1 unspecified atom stereocenters. The molecule has 6 nitrogen and oxygen atoms in total. The number of hydrogen-bond acceptors (Lipinski definition) is 5. The Morgan fingerprint density at radius 1 is 1.29 bits per heavy atom. The van der Waals surface area contributed by atoms with E-state index in [0.717, 1.165) is 28.8 Å². The number of carbonyl (C=O) groups is 1. The zero-order valence-electron chi connectivity index (χ0n) is 15.6. The SMILES string of the molecule is Cc1nc2c(c(C)c1Cl)CN(C(=O)C1CCN(c3cc(C(F)F)ncn3)C1)C2. The number of alkyl halides is 2. The summed E-state index contributed by atoms with van der Waals surface area (Å²) in [4.78, 5) is 28.9. The Labute approximate surface area is 166 Å². The van der Waals surface area contributed by atoms with Crippen LogP contribution in [0.3, 0.4) is 0 Å². The Morgan fingerprint density at radius 3 is 2.82 bits per heavy atom. The molecular weight excluding hydrogens is 388 g/mol. The van der Waals surface area contributed by atoms with Crippen molar-refractivity contribution in [3.05, 3.63) is 45.6 Å². The van der Waals surface area contributed by atoms with Gasteiger partial charge in [0.05, 0.1) is 28.9 Å². The maximum atomic E-state index is 13.0. The predicted molar refractivity (Wildman–Crippen MR) is 100 cm³/mol. The first-order chi connectivity index (χ1) is 13.3. The summed E-state index contributed by atoms with van der Waals surface area (Å²) in [5, 5.41) is 0.652. The summed E-state index contributed by atoms with van der Waals surface area (Å²) in [6, 6.07) is 1.29. The number of amides is 1. The number of hydrogen-bond donors (Lipinski definition) is 0. The second-order valence-corrected chi connectivity index (χ2v) is 7.67. The molecule has 148 valence electrons. The highest BCUT2D eigenvalue weighted by Gasteiger charge is 2.35. The van der Waals surface area contributed by atoms with Crippen molar-refractivity contribution in [2.45, 2.75) is 39.8 Å². The lowest BCUT2D eigenvalue weighted by atomic mass is 10.1. The van der Waals surface area contributed by atoms with Gasteiger partial charge < -0.3 is 9.80 Å². The van der Waals surface area contributed by atoms with Gasteiger partial charge >= 0.3 is 0 Å². The lowest BCUT2D eigenvalue weighted by Crippen LogP contribution is -2.34. The molecule has 28 heavy (non-hydrogen) atoms. The third-order valence-electron chi connectivity index (χ3n) is 5.51. The standard InChI is InChI=1S/C19H20ClF2N5O/c1-10-13-7-27(8-15(13)25-11(2)17(10)20)19(28)12-3-4-26(6-12)16-5-14(18(21)22)23-9-24-16/h5,9,12,18H,3-4,6-8H2,1-2H3. The minimum atomic E-state index is -2.64. The zero-order chi connectivity index (χ0) is 20.0. The first kappa shape index (κ1) is 19.0. The minimum absolute atomic E-state index is 0.0526. The van der Waals surface area contributed by atoms with Crippen LogP contribution in [0.5, 0.6) is 0 Å². The number of rotatable bonds is 3. The van der Waals surface area contributed by atoms with Crippen molar-refractivity contribution < 1.29 is 13.6 Å². The van der Waals surface area contributed by atoms with Crippen molar-refractivity contribution >= 4 is 23.3 Å². The number of aryl methyl sites for hydroxylation is 1. The van der Waals surface area contributed by atoms with Gasteiger partial charge in [0.25, 0.3) is 6.43 Å². The second-order valence-electron chi connectivity index (χ2n) is 7.29. The quantitative estimate of drug-likeness (QED) is 0.779. The summed E-state index contributed by atoms with van der Waals surface area (Å²) in [6.45, 7) is 5.86. The molecule has 1 saturated heterocycles. The van der Waals surface area contributed by atoms with Gasteiger partial charge in [-0.25, -0.2) is 18.7 Å². The normalized spacial score (nSPS) is 18.9. The number of halogens is 3. The second kappa shape index (κ2) is 7.24. The Hall–Kier alpha value is -2.35. The van der Waals surface area contributed by atoms with Crippen LogP contribution in [0, 0.1) is 19.8 Å². The maximum Gasteiger partial charge on any atom is 0.280 e. The highest BCUT2D eigenvalue weighted by Crippen LogP contribution is 2.33. The van der Waals surface area contributed by atoms with Gasteiger partial charge in [-0.05, 0) is 31.4 Å². The molecule has 2 aromatic heterocycles. The van der Waals surface area contributed by atoms with Crippen molar-refractivity contribution in [1.29, 1.82) is 0 Å². The van der Waals surface area contributed by atoms with Crippen LogP contribution in [0.25, 0.3) is 0 Å². The topological polar surface area (TPSA) is 62.2 Å². The van der Waals surface area contributed by atoms with E-state index in [1.807, 2.05) is 18.7 Å². The van der Waals surface area contributed by atoms with Crippen molar-refractivity contribution in [3.8, 4) is 0 Å². The first-order valence-corrected chi connectivity index (χ1v) is 9.51. The molecule has 0 radical (unpaired) electrons. The van der Waals surface area contributed by atoms with Gasteiger partial charge in [0.15, 0.2) is 0 Å². The fourth-order valence-corrected chi connectivity index (χ4v) is 4.10. The van der Waals surface area contributed by atoms with Crippen LogP contribution < -0.4 is 4.90 Å². The van der Waals surface area contributed by atoms with Gasteiger partial charge in [-0.1, -0.05) is 11.6 Å². The maximum absolute atomic E-state index is 13.0. The fraction of sp³-hybridized carbons (Fsp3) is 0.474. The number of pyridine rings is 1. The van der Waals surface area contributed by atoms with Gasteiger partial charge in [-0.15, -0.1) is 0 Å². The zero-order valence-corrected chi connectivity index (χ0v) is 16.4. The Balaban J connectivity index is 1.46. The highest BCUT2D eigenvalue weighted by atomic mass is 35.5. The van der Waals surface area contributed by atoms with Gasteiger partial charge in [0.2, 0.25) is 5.91 Å². The molecule has 0 aromatic carbocycles. The van der Waals surface area contributed by atoms with Crippen molar-refractivity contribution in [1.82, 2.24) is 19.9 Å². The number of fused-ring (bicyclic) bond motifs is 1. The summed E-state index contributed by atoms with van der Waals surface area (Å²) in [5.41, 5.74) is 3.38. The average Bonchev–Trinajstić information content (AvgIpc) is 3.33. The average molecular weight is 408 g/mol. The number of carbonyl (C=O) groups excluding carboxylic acids is 1. The van der Waals surface area contributed by atoms with Crippen molar-refractivity contribution in [2.75, 3.05) is 18.0 Å². The molecule has 1 amide bonds. The van der Waals surface area contributed by atoms with E-state index < -0.39 is 6.43 Å². The van der Waals surface area contributed by atoms with Crippen LogP contribution in [-0.2, 0) is 17.9 Å². The summed E-state index contributed by atoms with van der Waals surface area (Å²) >= 11 is 6.30. The van der Waals surface area contributed by atoms with E-state index in [4.69, 9.17) is 11.6 Å². The van der Waals surface area contributed by atoms with Crippen LogP contribution in [0.4, 0.5) is 14.6 Å². The van der Waals surface area contributed by atoms with Gasteiger partial charge in [-0.3, -0.25) is 9.78 Å². The Bertz CT molecular complexity index is 939. The van der Waals surface area contributed by atoms with E-state index in [1.165, 1.54) is 6.07 Å². The predicted octanol–water partition coefficient (Wildman–Crippen LogP) is 3.45. The fourth-order valence-electron chi connectivity index (χ4n) is 3.95. The lowest BCUT2D eigenvalue weighted by Gasteiger charge is -2.21. The molecule has 0 saturated carbocycles. The summed E-state index contributed by atoms with van der Waals surface area (Å²) in [7, 11) is 0. The Morgan fingerprint density at radius 2 is 2.07 bits per heavy atom. The lowest BCUT2D eigenvalue weighted by molar-refractivity contribution is -0.135. The largest absolute Gasteiger partial charge is 0.356 e. The smallest absolute Gasteiger partial charge is 0.280 e. The highest BCUT2D eigenvalue weighted by molar-refractivity contribution is 6.32. The molecular formula is C19H20ClF2N5O. The van der Waals surface area contributed by atoms with Crippen molar-refractivity contribution in [3.63, 3.8) is 0 Å². The molecule has 0 N–H and O–H groups in total. The molecule has 4 rings (SSSR count). The van der Waals surface area contributed by atoms with E-state index in [1.54, 1.807) is 4.90 Å². The Kier molecular flexibility index (Phi) is 4.91. The van der Waals surface area contributed by atoms with E-state index in [2.05, 4.69) is 15.0 Å². The first-order valence-electron chi connectivity index (χ1n) is 9.13. The van der Waals surface area contributed by atoms with Gasteiger partial charge in [0.1, 0.15) is 17.8 Å². The number of nitrogens with zero attached hydrogens (tertiary/aromatic N) is 5. The molecule has 0 spiro atoms. The third kappa shape index (κ3) is 3.30. The van der Waals surface area contributed by atoms with Crippen molar-refractivity contribution in [2.24, 2.45) is 5.92 Å². The summed E-state index contributed by atoms with van der Waals surface area (Å²) < 4.78 is 25.8. The molecule has 9 heteroatoms. The minimum Gasteiger partial charge on any atom is -0.356 e. The van der Waals surface area contributed by atoms with Crippen LogP contribution >= 0.6 is 11.6 Å². The molecule has 0 aliphatic carbocycles. The molecule has 1 atom stereocenters. The molecule has 2 aliphatic rings. The van der Waals surface area contributed by atoms with Crippen LogP contribution in [0.1, 0.15) is 41.1 Å². The monoisotopic (exact) mass is 407 g/mol. The van der Waals surface area contributed by atoms with E-state index >= 15 is 0 Å². The molecule has 1 fully saturated rings. The van der Waals surface area contributed by atoms with Crippen LogP contribution in [-0.4, -0.2) is 38.8 Å². The van der Waals surface area contributed by atoms with Gasteiger partial charge in [0, 0.05) is 25.7 Å². The van der Waals surface area contributed by atoms with E-state index in [0.29, 0.717) is 43.4 Å². The molecule has 2 aliphatic heterocycles. The molecule has 0 bridgehead atoms. The third-order valence-corrected chi connectivity index (χ3v) is 6.07. The molecule has 2 aromatic rings. The molecule has 4 heterocycles. The van der Waals surface area contributed by atoms with Crippen LogP contribution in [0.2, 0.25) is 5.02 Å². The summed E-state index contributed by atoms with van der Waals surface area (Å²) in [6.07, 6.45) is -0.842.